The van der Waals surface area contributed by atoms with Gasteiger partial charge in [-0.2, -0.15) is 4.98 Å². The number of nitrogens with one attached hydrogen (secondary N) is 1. The SMILES string of the molecule is COc1ccc(OC)c(CN(C(=O)Oc2c(OC)cccc2OC)c2ccnc(Nc3cccc(OCCCN4CCCCC4)c3)n2)c1. The zero-order valence-electron chi connectivity index (χ0n) is 27.9. The van der Waals surface area contributed by atoms with E-state index in [9.17, 15) is 4.79 Å². The fourth-order valence-corrected chi connectivity index (χ4v) is 5.49. The van der Waals surface area contributed by atoms with Crippen LogP contribution < -0.4 is 38.6 Å². The summed E-state index contributed by atoms with van der Waals surface area (Å²) in [4.78, 5) is 26.9. The third kappa shape index (κ3) is 8.97. The number of ether oxygens (including phenoxy) is 6. The molecular weight excluding hydrogens is 614 g/mol. The average Bonchev–Trinajstić information content (AvgIpc) is 3.13. The van der Waals surface area contributed by atoms with Crippen LogP contribution in [-0.4, -0.2) is 75.6 Å². The van der Waals surface area contributed by atoms with E-state index >= 15 is 0 Å². The Labute approximate surface area is 281 Å². The lowest BCUT2D eigenvalue weighted by Gasteiger charge is -2.26. The number of nitrogens with zero attached hydrogens (tertiary/aromatic N) is 4. The third-order valence-electron chi connectivity index (χ3n) is 7.95. The second-order valence-corrected chi connectivity index (χ2v) is 11.1. The van der Waals surface area contributed by atoms with Crippen molar-refractivity contribution in [1.29, 1.82) is 0 Å². The summed E-state index contributed by atoms with van der Waals surface area (Å²) in [5.74, 6) is 3.26. The monoisotopic (exact) mass is 657 g/mol. The van der Waals surface area contributed by atoms with E-state index < -0.39 is 6.09 Å². The topological polar surface area (TPSA) is 117 Å². The van der Waals surface area contributed by atoms with E-state index in [2.05, 4.69) is 20.2 Å². The van der Waals surface area contributed by atoms with Crippen molar-refractivity contribution in [2.75, 3.05) is 64.9 Å². The fourth-order valence-electron chi connectivity index (χ4n) is 5.49. The minimum Gasteiger partial charge on any atom is -0.497 e. The number of carbonyl (C=O) groups is 1. The minimum absolute atomic E-state index is 0.0356. The molecule has 0 bridgehead atoms. The van der Waals surface area contributed by atoms with Crippen molar-refractivity contribution < 1.29 is 33.2 Å². The number of aromatic nitrogens is 2. The molecule has 12 heteroatoms. The second kappa shape index (κ2) is 17.1. The molecule has 0 unspecified atom stereocenters. The Bertz CT molecular complexity index is 1620. The van der Waals surface area contributed by atoms with Crippen molar-refractivity contribution in [1.82, 2.24) is 14.9 Å². The predicted octanol–water partition coefficient (Wildman–Crippen LogP) is 6.72. The third-order valence-corrected chi connectivity index (χ3v) is 7.95. The largest absolute Gasteiger partial charge is 0.497 e. The van der Waals surface area contributed by atoms with Crippen molar-refractivity contribution >= 4 is 23.5 Å². The van der Waals surface area contributed by atoms with Gasteiger partial charge in [-0.15, -0.1) is 0 Å². The molecule has 0 radical (unpaired) electrons. The lowest BCUT2D eigenvalue weighted by molar-refractivity contribution is 0.202. The molecule has 1 aliphatic heterocycles. The molecule has 254 valence electrons. The molecule has 0 atom stereocenters. The summed E-state index contributed by atoms with van der Waals surface area (Å²) < 4.78 is 33.9. The molecular formula is C36H43N5O7. The predicted molar refractivity (Wildman–Crippen MR) is 183 cm³/mol. The molecule has 1 aromatic heterocycles. The summed E-state index contributed by atoms with van der Waals surface area (Å²) in [5.41, 5.74) is 1.40. The molecule has 12 nitrogen and oxygen atoms in total. The van der Waals surface area contributed by atoms with E-state index in [0.29, 0.717) is 35.2 Å². The summed E-state index contributed by atoms with van der Waals surface area (Å²) in [5, 5.41) is 3.24. The summed E-state index contributed by atoms with van der Waals surface area (Å²) in [7, 11) is 6.11. The lowest BCUT2D eigenvalue weighted by Crippen LogP contribution is -2.34. The number of benzene rings is 3. The van der Waals surface area contributed by atoms with Gasteiger partial charge in [0, 0.05) is 30.1 Å². The first kappa shape index (κ1) is 34.1. The van der Waals surface area contributed by atoms with Crippen LogP contribution in [-0.2, 0) is 6.54 Å². The van der Waals surface area contributed by atoms with Crippen LogP contribution in [0.3, 0.4) is 0 Å². The van der Waals surface area contributed by atoms with Crippen LogP contribution in [0.15, 0.2) is 72.9 Å². The molecule has 1 N–H and O–H groups in total. The highest BCUT2D eigenvalue weighted by Gasteiger charge is 2.25. The average molecular weight is 658 g/mol. The number of likely N-dealkylation sites (tertiary alicyclic amines) is 1. The van der Waals surface area contributed by atoms with Crippen LogP contribution in [0.25, 0.3) is 0 Å². The van der Waals surface area contributed by atoms with E-state index in [1.165, 1.54) is 51.5 Å². The Hall–Kier alpha value is -5.23. The molecule has 4 aromatic rings. The molecule has 48 heavy (non-hydrogen) atoms. The van der Waals surface area contributed by atoms with Gasteiger partial charge in [0.2, 0.25) is 11.7 Å². The first-order chi connectivity index (χ1) is 23.5. The zero-order valence-corrected chi connectivity index (χ0v) is 27.9. The van der Waals surface area contributed by atoms with Gasteiger partial charge in [-0.05, 0) is 80.9 Å². The Balaban J connectivity index is 1.36. The lowest BCUT2D eigenvalue weighted by atomic mass is 10.1. The maximum atomic E-state index is 14.0. The molecule has 0 aliphatic carbocycles. The number of piperidine rings is 1. The van der Waals surface area contributed by atoms with Gasteiger partial charge in [-0.1, -0.05) is 18.6 Å². The number of para-hydroxylation sites is 1. The Morgan fingerprint density at radius 3 is 2.31 bits per heavy atom. The van der Waals surface area contributed by atoms with Crippen LogP contribution in [0.4, 0.5) is 22.2 Å². The fraction of sp³-hybridized carbons (Fsp3) is 0.361. The number of anilines is 3. The molecule has 3 aromatic carbocycles. The number of rotatable bonds is 15. The number of carbonyl (C=O) groups excluding carboxylic acids is 1. The van der Waals surface area contributed by atoms with Crippen molar-refractivity contribution in [2.24, 2.45) is 0 Å². The number of hydrogen-bond acceptors (Lipinski definition) is 11. The van der Waals surface area contributed by atoms with Crippen LogP contribution in [0.2, 0.25) is 0 Å². The Morgan fingerprint density at radius 1 is 0.833 bits per heavy atom. The Kier molecular flexibility index (Phi) is 12.1. The van der Waals surface area contributed by atoms with Gasteiger partial charge in [-0.25, -0.2) is 9.78 Å². The van der Waals surface area contributed by atoms with Crippen molar-refractivity contribution in [2.45, 2.75) is 32.2 Å². The molecule has 2 heterocycles. The van der Waals surface area contributed by atoms with Crippen molar-refractivity contribution in [3.63, 3.8) is 0 Å². The Morgan fingerprint density at radius 2 is 1.58 bits per heavy atom. The van der Waals surface area contributed by atoms with Crippen molar-refractivity contribution in [3.8, 4) is 34.5 Å². The number of hydrogen-bond donors (Lipinski definition) is 1. The van der Waals surface area contributed by atoms with Crippen LogP contribution in [0.5, 0.6) is 34.5 Å². The van der Waals surface area contributed by atoms with E-state index in [1.54, 1.807) is 62.9 Å². The normalized spacial score (nSPS) is 12.9. The highest BCUT2D eigenvalue weighted by Crippen LogP contribution is 2.38. The quantitative estimate of drug-likeness (QED) is 0.137. The second-order valence-electron chi connectivity index (χ2n) is 11.1. The first-order valence-corrected chi connectivity index (χ1v) is 16.0. The molecule has 0 saturated carbocycles. The molecule has 1 fully saturated rings. The highest BCUT2D eigenvalue weighted by atomic mass is 16.6. The van der Waals surface area contributed by atoms with Crippen LogP contribution in [0.1, 0.15) is 31.2 Å². The van der Waals surface area contributed by atoms with Gasteiger partial charge in [0.15, 0.2) is 11.5 Å². The number of methoxy groups -OCH3 is 4. The zero-order chi connectivity index (χ0) is 33.7. The molecule has 1 amide bonds. The minimum atomic E-state index is -0.729. The van der Waals surface area contributed by atoms with Gasteiger partial charge < -0.3 is 38.6 Å². The molecule has 1 aliphatic rings. The van der Waals surface area contributed by atoms with E-state index in [-0.39, 0.29) is 24.1 Å². The van der Waals surface area contributed by atoms with Crippen LogP contribution >= 0.6 is 0 Å². The van der Waals surface area contributed by atoms with Gasteiger partial charge in [0.1, 0.15) is 23.1 Å². The smallest absolute Gasteiger partial charge is 0.421 e. The standard InChI is InChI=1S/C36H43N5O7/c1-43-28-15-16-30(44-2)26(23-28)25-41(36(42)48-34-31(45-3)13-9-14-32(34)46-4)33-17-18-37-35(39-33)38-27-11-8-12-29(24-27)47-22-10-21-40-19-6-5-7-20-40/h8-9,11-18,23-24H,5-7,10,19-22,25H2,1-4H3,(H,37,38,39). The highest BCUT2D eigenvalue weighted by molar-refractivity contribution is 5.89. The van der Waals surface area contributed by atoms with E-state index in [0.717, 1.165) is 24.4 Å². The van der Waals surface area contributed by atoms with E-state index in [1.807, 2.05) is 24.3 Å². The van der Waals surface area contributed by atoms with Gasteiger partial charge in [0.05, 0.1) is 41.6 Å². The van der Waals surface area contributed by atoms with E-state index in [4.69, 9.17) is 28.4 Å². The van der Waals surface area contributed by atoms with Gasteiger partial charge in [0.25, 0.3) is 0 Å². The molecule has 0 spiro atoms. The first-order valence-electron chi connectivity index (χ1n) is 16.0. The van der Waals surface area contributed by atoms with Gasteiger partial charge in [-0.3, -0.25) is 4.90 Å². The van der Waals surface area contributed by atoms with Crippen LogP contribution in [0, 0.1) is 0 Å². The molecule has 1 saturated heterocycles. The molecule has 5 rings (SSSR count). The summed E-state index contributed by atoms with van der Waals surface area (Å²) >= 11 is 0. The summed E-state index contributed by atoms with van der Waals surface area (Å²) in [6.45, 7) is 4.06. The van der Waals surface area contributed by atoms with Crippen molar-refractivity contribution in [3.05, 3.63) is 78.5 Å². The summed E-state index contributed by atoms with van der Waals surface area (Å²) in [6.07, 6.45) is 5.69. The number of amides is 1. The summed E-state index contributed by atoms with van der Waals surface area (Å²) in [6, 6.07) is 19.7. The maximum absolute atomic E-state index is 14.0. The maximum Gasteiger partial charge on any atom is 0.421 e. The van der Waals surface area contributed by atoms with Gasteiger partial charge >= 0.3 is 6.09 Å².